The van der Waals surface area contributed by atoms with Crippen molar-refractivity contribution in [2.45, 2.75) is 25.1 Å². The molecule has 1 aromatic rings. The molecule has 0 unspecified atom stereocenters. The van der Waals surface area contributed by atoms with Crippen LogP contribution in [0.15, 0.2) is 12.1 Å². The highest BCUT2D eigenvalue weighted by Crippen LogP contribution is 2.34. The number of rotatable bonds is 3. The van der Waals surface area contributed by atoms with Gasteiger partial charge in [0.25, 0.3) is 5.91 Å². The lowest BCUT2D eigenvalue weighted by atomic mass is 9.91. The summed E-state index contributed by atoms with van der Waals surface area (Å²) in [5.74, 6) is -0.987. The third kappa shape index (κ3) is 2.55. The average Bonchev–Trinajstić information content (AvgIpc) is 2.33. The lowest BCUT2D eigenvalue weighted by molar-refractivity contribution is -0.141. The van der Waals surface area contributed by atoms with E-state index in [0.29, 0.717) is 6.42 Å². The number of aliphatic hydroxyl groups is 1. The number of amides is 1. The number of nitrogens with zero attached hydrogens (tertiary/aromatic N) is 2. The summed E-state index contributed by atoms with van der Waals surface area (Å²) in [4.78, 5) is 16.2. The average molecular weight is 289 g/mol. The number of carbonyl (C=O) groups is 1. The third-order valence-electron chi connectivity index (χ3n) is 3.36. The molecule has 2 rings (SSSR count). The smallest absolute Gasteiger partial charge is 0.386 e. The summed E-state index contributed by atoms with van der Waals surface area (Å²) in [6.45, 7) is 2.02. The van der Waals surface area contributed by atoms with Crippen molar-refractivity contribution >= 4 is 11.7 Å². The first kappa shape index (κ1) is 14.6. The molecule has 0 radical (unpaired) electrons. The summed E-state index contributed by atoms with van der Waals surface area (Å²) in [7, 11) is 0. The summed E-state index contributed by atoms with van der Waals surface area (Å²) in [6.07, 6.45) is -4.13. The van der Waals surface area contributed by atoms with Gasteiger partial charge in [-0.3, -0.25) is 4.79 Å². The standard InChI is InChI=1S/C12H14F3N3O2/c1-2-11(20)5-18(6-11)10-7(9(16)19)3-4-8(17-10)12(13,14)15/h3-4,20H,2,5-6H2,1H3,(H2,16,19). The maximum atomic E-state index is 12.7. The molecular weight excluding hydrogens is 275 g/mol. The number of β-amino-alcohol motifs (C(OH)–C–C–N with tert-alkyl or cyclic N) is 1. The van der Waals surface area contributed by atoms with Gasteiger partial charge in [0.2, 0.25) is 0 Å². The fraction of sp³-hybridized carbons (Fsp3) is 0.500. The number of pyridine rings is 1. The SMILES string of the molecule is CCC1(O)CN(c2nc(C(F)(F)F)ccc2C(N)=O)C1. The minimum absolute atomic E-state index is 0.0869. The van der Waals surface area contributed by atoms with Crippen molar-refractivity contribution in [2.75, 3.05) is 18.0 Å². The van der Waals surface area contributed by atoms with Crippen molar-refractivity contribution in [1.82, 2.24) is 4.98 Å². The van der Waals surface area contributed by atoms with Crippen LogP contribution in [0, 0.1) is 0 Å². The van der Waals surface area contributed by atoms with Gasteiger partial charge < -0.3 is 15.7 Å². The van der Waals surface area contributed by atoms with Gasteiger partial charge in [0.15, 0.2) is 0 Å². The number of aromatic nitrogens is 1. The Morgan fingerprint density at radius 2 is 2.10 bits per heavy atom. The Balaban J connectivity index is 2.37. The fourth-order valence-electron chi connectivity index (χ4n) is 2.08. The zero-order valence-corrected chi connectivity index (χ0v) is 10.7. The van der Waals surface area contributed by atoms with E-state index in [9.17, 15) is 23.1 Å². The highest BCUT2D eigenvalue weighted by atomic mass is 19.4. The largest absolute Gasteiger partial charge is 0.433 e. The molecule has 1 saturated heterocycles. The number of alkyl halides is 3. The monoisotopic (exact) mass is 289 g/mol. The molecular formula is C12H14F3N3O2. The van der Waals surface area contributed by atoms with Crippen LogP contribution in [0.25, 0.3) is 0 Å². The second kappa shape index (κ2) is 4.62. The summed E-state index contributed by atoms with van der Waals surface area (Å²) in [5.41, 5.74) is 3.01. The molecule has 1 aliphatic rings. The molecule has 1 aliphatic heterocycles. The van der Waals surface area contributed by atoms with Gasteiger partial charge in [-0.2, -0.15) is 13.2 Å². The van der Waals surface area contributed by atoms with Crippen LogP contribution in [0.3, 0.4) is 0 Å². The molecule has 2 heterocycles. The van der Waals surface area contributed by atoms with Gasteiger partial charge >= 0.3 is 6.18 Å². The van der Waals surface area contributed by atoms with Crippen LogP contribution in [0.5, 0.6) is 0 Å². The number of hydrogen-bond acceptors (Lipinski definition) is 4. The van der Waals surface area contributed by atoms with Crippen LogP contribution >= 0.6 is 0 Å². The zero-order valence-electron chi connectivity index (χ0n) is 10.7. The number of halogens is 3. The first-order valence-corrected chi connectivity index (χ1v) is 6.02. The number of nitrogens with two attached hydrogens (primary N) is 1. The lowest BCUT2D eigenvalue weighted by Gasteiger charge is -2.47. The molecule has 0 aliphatic carbocycles. The molecule has 0 aromatic carbocycles. The van der Waals surface area contributed by atoms with E-state index in [1.807, 2.05) is 0 Å². The molecule has 110 valence electrons. The lowest BCUT2D eigenvalue weighted by Crippen LogP contribution is -2.62. The van der Waals surface area contributed by atoms with Crippen molar-refractivity contribution < 1.29 is 23.1 Å². The van der Waals surface area contributed by atoms with Gasteiger partial charge in [0.05, 0.1) is 11.2 Å². The van der Waals surface area contributed by atoms with Crippen LogP contribution < -0.4 is 10.6 Å². The second-order valence-electron chi connectivity index (χ2n) is 4.86. The number of anilines is 1. The molecule has 20 heavy (non-hydrogen) atoms. The van der Waals surface area contributed by atoms with E-state index in [2.05, 4.69) is 4.98 Å². The Hall–Kier alpha value is -1.83. The van der Waals surface area contributed by atoms with E-state index in [4.69, 9.17) is 5.73 Å². The fourth-order valence-corrected chi connectivity index (χ4v) is 2.08. The maximum Gasteiger partial charge on any atom is 0.433 e. The Morgan fingerprint density at radius 3 is 2.55 bits per heavy atom. The van der Waals surface area contributed by atoms with Gasteiger partial charge in [-0.05, 0) is 18.6 Å². The van der Waals surface area contributed by atoms with Crippen molar-refractivity contribution in [3.63, 3.8) is 0 Å². The first-order valence-electron chi connectivity index (χ1n) is 6.02. The van der Waals surface area contributed by atoms with Gasteiger partial charge in [0, 0.05) is 13.1 Å². The molecule has 1 aromatic heterocycles. The van der Waals surface area contributed by atoms with E-state index in [1.165, 1.54) is 4.90 Å². The minimum atomic E-state index is -4.60. The summed E-state index contributed by atoms with van der Waals surface area (Å²) in [6, 6.07) is 1.73. The normalized spacial score (nSPS) is 17.8. The van der Waals surface area contributed by atoms with E-state index < -0.39 is 23.4 Å². The van der Waals surface area contributed by atoms with Gasteiger partial charge in [0.1, 0.15) is 11.5 Å². The van der Waals surface area contributed by atoms with Crippen LogP contribution in [0.2, 0.25) is 0 Å². The summed E-state index contributed by atoms with van der Waals surface area (Å²) >= 11 is 0. The van der Waals surface area contributed by atoms with Crippen molar-refractivity contribution in [2.24, 2.45) is 5.73 Å². The predicted octanol–water partition coefficient (Wildman–Crippen LogP) is 1.16. The third-order valence-corrected chi connectivity index (χ3v) is 3.36. The van der Waals surface area contributed by atoms with E-state index in [-0.39, 0.29) is 24.5 Å². The zero-order chi connectivity index (χ0) is 15.1. The highest BCUT2D eigenvalue weighted by molar-refractivity contribution is 5.98. The Bertz CT molecular complexity index is 539. The Labute approximate surface area is 113 Å². The van der Waals surface area contributed by atoms with Gasteiger partial charge in [-0.25, -0.2) is 4.98 Å². The van der Waals surface area contributed by atoms with Gasteiger partial charge in [-0.15, -0.1) is 0 Å². The van der Waals surface area contributed by atoms with Gasteiger partial charge in [-0.1, -0.05) is 6.92 Å². The number of primary amides is 1. The molecule has 5 nitrogen and oxygen atoms in total. The molecule has 0 spiro atoms. The summed E-state index contributed by atoms with van der Waals surface area (Å²) in [5, 5.41) is 9.90. The predicted molar refractivity (Wildman–Crippen MR) is 65.2 cm³/mol. The number of hydrogen-bond donors (Lipinski definition) is 2. The quantitative estimate of drug-likeness (QED) is 0.875. The van der Waals surface area contributed by atoms with E-state index >= 15 is 0 Å². The molecule has 8 heteroatoms. The van der Waals surface area contributed by atoms with E-state index in [1.54, 1.807) is 6.92 Å². The Kier molecular flexibility index (Phi) is 3.37. The first-order chi connectivity index (χ1) is 9.16. The Morgan fingerprint density at radius 1 is 1.50 bits per heavy atom. The highest BCUT2D eigenvalue weighted by Gasteiger charge is 2.42. The molecule has 1 fully saturated rings. The van der Waals surface area contributed by atoms with Crippen LogP contribution in [-0.4, -0.2) is 34.7 Å². The van der Waals surface area contributed by atoms with Crippen LogP contribution in [0.4, 0.5) is 19.0 Å². The minimum Gasteiger partial charge on any atom is -0.386 e. The molecule has 1 amide bonds. The second-order valence-corrected chi connectivity index (χ2v) is 4.86. The summed E-state index contributed by atoms with van der Waals surface area (Å²) < 4.78 is 38.0. The van der Waals surface area contributed by atoms with Crippen molar-refractivity contribution in [1.29, 1.82) is 0 Å². The molecule has 3 N–H and O–H groups in total. The maximum absolute atomic E-state index is 12.7. The van der Waals surface area contributed by atoms with E-state index in [0.717, 1.165) is 12.1 Å². The van der Waals surface area contributed by atoms with Crippen LogP contribution in [-0.2, 0) is 6.18 Å². The molecule has 0 bridgehead atoms. The van der Waals surface area contributed by atoms with Crippen molar-refractivity contribution in [3.05, 3.63) is 23.4 Å². The number of carbonyl (C=O) groups excluding carboxylic acids is 1. The van der Waals surface area contributed by atoms with Crippen LogP contribution in [0.1, 0.15) is 29.4 Å². The molecule has 0 saturated carbocycles. The van der Waals surface area contributed by atoms with Crippen molar-refractivity contribution in [3.8, 4) is 0 Å². The molecule has 0 atom stereocenters. The topological polar surface area (TPSA) is 79.4 Å².